The summed E-state index contributed by atoms with van der Waals surface area (Å²) in [7, 11) is 0. The molecule has 0 heterocycles. The number of ether oxygens (including phenoxy) is 1. The molecule has 132 valence electrons. The summed E-state index contributed by atoms with van der Waals surface area (Å²) in [6.07, 6.45) is 0. The SMILES string of the molecule is CC(C)[C@@H](C(=O)OCC(=O)NCc1ccccc1)c1ccc(Cl)cc1. The van der Waals surface area contributed by atoms with E-state index >= 15 is 0 Å². The zero-order valence-corrected chi connectivity index (χ0v) is 15.1. The minimum absolute atomic E-state index is 0.0426. The highest BCUT2D eigenvalue weighted by Gasteiger charge is 2.26. The third kappa shape index (κ3) is 5.91. The molecule has 0 saturated heterocycles. The Hall–Kier alpha value is -2.33. The largest absolute Gasteiger partial charge is 0.455 e. The van der Waals surface area contributed by atoms with Crippen molar-refractivity contribution in [3.05, 3.63) is 70.7 Å². The van der Waals surface area contributed by atoms with Gasteiger partial charge in [-0.25, -0.2) is 0 Å². The quantitative estimate of drug-likeness (QED) is 0.762. The summed E-state index contributed by atoms with van der Waals surface area (Å²) < 4.78 is 5.22. The third-order valence-electron chi connectivity index (χ3n) is 3.83. The topological polar surface area (TPSA) is 55.4 Å². The van der Waals surface area contributed by atoms with Gasteiger partial charge in [-0.1, -0.05) is 67.9 Å². The number of amides is 1. The maximum atomic E-state index is 12.4. The van der Waals surface area contributed by atoms with Crippen LogP contribution in [0.2, 0.25) is 5.02 Å². The van der Waals surface area contributed by atoms with Crippen LogP contribution in [0, 0.1) is 5.92 Å². The molecule has 1 amide bonds. The lowest BCUT2D eigenvalue weighted by Gasteiger charge is -2.19. The van der Waals surface area contributed by atoms with E-state index in [9.17, 15) is 9.59 Å². The van der Waals surface area contributed by atoms with Crippen LogP contribution in [0.25, 0.3) is 0 Å². The fourth-order valence-electron chi connectivity index (χ4n) is 2.54. The molecule has 25 heavy (non-hydrogen) atoms. The molecule has 0 aromatic heterocycles. The lowest BCUT2D eigenvalue weighted by molar-refractivity contribution is -0.151. The lowest BCUT2D eigenvalue weighted by atomic mass is 9.88. The molecule has 0 aliphatic rings. The van der Waals surface area contributed by atoms with Crippen LogP contribution in [-0.2, 0) is 20.9 Å². The number of nitrogens with one attached hydrogen (secondary N) is 1. The van der Waals surface area contributed by atoms with Gasteiger partial charge in [-0.05, 0) is 29.2 Å². The third-order valence-corrected chi connectivity index (χ3v) is 4.08. The Morgan fingerprint density at radius 2 is 1.68 bits per heavy atom. The van der Waals surface area contributed by atoms with Gasteiger partial charge in [0.2, 0.25) is 0 Å². The molecule has 5 heteroatoms. The molecular formula is C20H22ClNO3. The van der Waals surface area contributed by atoms with E-state index in [4.69, 9.17) is 16.3 Å². The molecule has 2 rings (SSSR count). The molecule has 0 fully saturated rings. The Kier molecular flexibility index (Phi) is 7.02. The predicted octanol–water partition coefficient (Wildman–Crippen LogP) is 3.94. The van der Waals surface area contributed by atoms with E-state index in [1.807, 2.05) is 56.3 Å². The number of carbonyl (C=O) groups is 2. The number of rotatable bonds is 7. The minimum Gasteiger partial charge on any atom is -0.455 e. The summed E-state index contributed by atoms with van der Waals surface area (Å²) in [6.45, 7) is 4.00. The van der Waals surface area contributed by atoms with Gasteiger partial charge < -0.3 is 10.1 Å². The smallest absolute Gasteiger partial charge is 0.314 e. The van der Waals surface area contributed by atoms with Crippen LogP contribution in [0.5, 0.6) is 0 Å². The van der Waals surface area contributed by atoms with Crippen LogP contribution in [0.3, 0.4) is 0 Å². The Labute approximate surface area is 153 Å². The number of hydrogen-bond acceptors (Lipinski definition) is 3. The second-order valence-corrected chi connectivity index (χ2v) is 6.58. The van der Waals surface area contributed by atoms with E-state index < -0.39 is 11.9 Å². The molecule has 2 aromatic rings. The van der Waals surface area contributed by atoms with E-state index in [0.717, 1.165) is 11.1 Å². The molecule has 0 radical (unpaired) electrons. The van der Waals surface area contributed by atoms with E-state index in [-0.39, 0.29) is 18.4 Å². The van der Waals surface area contributed by atoms with E-state index in [0.29, 0.717) is 11.6 Å². The molecular weight excluding hydrogens is 338 g/mol. The van der Waals surface area contributed by atoms with Gasteiger partial charge in [-0.15, -0.1) is 0 Å². The van der Waals surface area contributed by atoms with Gasteiger partial charge in [0.15, 0.2) is 6.61 Å². The highest BCUT2D eigenvalue weighted by molar-refractivity contribution is 6.30. The van der Waals surface area contributed by atoms with Crippen molar-refractivity contribution in [1.29, 1.82) is 0 Å². The van der Waals surface area contributed by atoms with Crippen molar-refractivity contribution >= 4 is 23.5 Å². The van der Waals surface area contributed by atoms with Gasteiger partial charge in [-0.3, -0.25) is 9.59 Å². The van der Waals surface area contributed by atoms with Crippen molar-refractivity contribution in [1.82, 2.24) is 5.32 Å². The fraction of sp³-hybridized carbons (Fsp3) is 0.300. The van der Waals surface area contributed by atoms with Gasteiger partial charge >= 0.3 is 5.97 Å². The van der Waals surface area contributed by atoms with Gasteiger partial charge in [0.1, 0.15) is 0 Å². The Balaban J connectivity index is 1.88. The van der Waals surface area contributed by atoms with Crippen LogP contribution in [0.1, 0.15) is 30.9 Å². The van der Waals surface area contributed by atoms with Crippen LogP contribution in [0.15, 0.2) is 54.6 Å². The van der Waals surface area contributed by atoms with Crippen molar-refractivity contribution in [2.24, 2.45) is 5.92 Å². The first kappa shape index (κ1) is 19.0. The van der Waals surface area contributed by atoms with E-state index in [1.165, 1.54) is 0 Å². The first-order chi connectivity index (χ1) is 12.0. The number of halogens is 1. The predicted molar refractivity (Wildman–Crippen MR) is 98.3 cm³/mol. The summed E-state index contributed by atoms with van der Waals surface area (Å²) in [6, 6.07) is 16.7. The molecule has 1 N–H and O–H groups in total. The highest BCUT2D eigenvalue weighted by Crippen LogP contribution is 2.27. The van der Waals surface area contributed by atoms with Gasteiger partial charge in [0.05, 0.1) is 5.92 Å². The van der Waals surface area contributed by atoms with Gasteiger partial charge in [0, 0.05) is 11.6 Å². The van der Waals surface area contributed by atoms with Crippen molar-refractivity contribution < 1.29 is 14.3 Å². The monoisotopic (exact) mass is 359 g/mol. The number of hydrogen-bond donors (Lipinski definition) is 1. The van der Waals surface area contributed by atoms with E-state index in [2.05, 4.69) is 5.32 Å². The second kappa shape index (κ2) is 9.23. The standard InChI is InChI=1S/C20H22ClNO3/c1-14(2)19(16-8-10-17(21)11-9-16)20(24)25-13-18(23)22-12-15-6-4-3-5-7-15/h3-11,14,19H,12-13H2,1-2H3,(H,22,23)/t19-/m1/s1. The normalized spacial score (nSPS) is 11.8. The Bertz CT molecular complexity index is 699. The first-order valence-electron chi connectivity index (χ1n) is 8.20. The maximum Gasteiger partial charge on any atom is 0.314 e. The number of benzene rings is 2. The second-order valence-electron chi connectivity index (χ2n) is 6.14. The van der Waals surface area contributed by atoms with Gasteiger partial charge in [0.25, 0.3) is 5.91 Å². The molecule has 0 unspecified atom stereocenters. The Morgan fingerprint density at radius 3 is 2.28 bits per heavy atom. The minimum atomic E-state index is -0.431. The number of esters is 1. The number of carbonyl (C=O) groups excluding carboxylic acids is 2. The van der Waals surface area contributed by atoms with Crippen LogP contribution < -0.4 is 5.32 Å². The zero-order chi connectivity index (χ0) is 18.2. The van der Waals surface area contributed by atoms with Crippen molar-refractivity contribution in [3.63, 3.8) is 0 Å². The van der Waals surface area contributed by atoms with Crippen molar-refractivity contribution in [2.75, 3.05) is 6.61 Å². The maximum absolute atomic E-state index is 12.4. The summed E-state index contributed by atoms with van der Waals surface area (Å²) >= 11 is 5.89. The lowest BCUT2D eigenvalue weighted by Crippen LogP contribution is -2.30. The molecule has 0 aliphatic heterocycles. The zero-order valence-electron chi connectivity index (χ0n) is 14.4. The van der Waals surface area contributed by atoms with E-state index in [1.54, 1.807) is 12.1 Å². The molecule has 0 aliphatic carbocycles. The fourth-order valence-corrected chi connectivity index (χ4v) is 2.66. The molecule has 2 aromatic carbocycles. The summed E-state index contributed by atoms with van der Waals surface area (Å²) in [4.78, 5) is 24.3. The highest BCUT2D eigenvalue weighted by atomic mass is 35.5. The summed E-state index contributed by atoms with van der Waals surface area (Å²) in [5, 5.41) is 3.35. The van der Waals surface area contributed by atoms with Crippen LogP contribution >= 0.6 is 11.6 Å². The molecule has 0 saturated carbocycles. The molecule has 1 atom stereocenters. The molecule has 0 bridgehead atoms. The van der Waals surface area contributed by atoms with Crippen LogP contribution in [0.4, 0.5) is 0 Å². The molecule has 4 nitrogen and oxygen atoms in total. The summed E-state index contributed by atoms with van der Waals surface area (Å²) in [5.41, 5.74) is 1.82. The Morgan fingerprint density at radius 1 is 1.04 bits per heavy atom. The van der Waals surface area contributed by atoms with Crippen LogP contribution in [-0.4, -0.2) is 18.5 Å². The van der Waals surface area contributed by atoms with Crippen molar-refractivity contribution in [3.8, 4) is 0 Å². The van der Waals surface area contributed by atoms with Gasteiger partial charge in [-0.2, -0.15) is 0 Å². The average Bonchev–Trinajstić information content (AvgIpc) is 2.60. The van der Waals surface area contributed by atoms with Crippen molar-refractivity contribution in [2.45, 2.75) is 26.3 Å². The average molecular weight is 360 g/mol. The molecule has 0 spiro atoms. The first-order valence-corrected chi connectivity index (χ1v) is 8.58. The summed E-state index contributed by atoms with van der Waals surface area (Å²) in [5.74, 6) is -1.12.